The van der Waals surface area contributed by atoms with E-state index in [0.29, 0.717) is 24.5 Å². The number of piperidine rings is 1. The highest BCUT2D eigenvalue weighted by atomic mass is 32.2. The summed E-state index contributed by atoms with van der Waals surface area (Å²) in [5.41, 5.74) is 6.06. The van der Waals surface area contributed by atoms with Gasteiger partial charge in [-0.3, -0.25) is 0 Å². The zero-order chi connectivity index (χ0) is 14.8. The van der Waals surface area contributed by atoms with E-state index in [1.54, 1.807) is 6.07 Å². The third-order valence-electron chi connectivity index (χ3n) is 3.58. The quantitative estimate of drug-likeness (QED) is 0.797. The van der Waals surface area contributed by atoms with Crippen molar-refractivity contribution in [2.75, 3.05) is 32.5 Å². The molecule has 20 heavy (non-hydrogen) atoms. The number of nitrogens with two attached hydrogens (primary N) is 1. The Balaban J connectivity index is 2.28. The van der Waals surface area contributed by atoms with Gasteiger partial charge in [0.2, 0.25) is 10.0 Å². The topological polar surface area (TPSA) is 92.9 Å². The average Bonchev–Trinajstić information content (AvgIpc) is 2.47. The van der Waals surface area contributed by atoms with Crippen LogP contribution in [0.25, 0.3) is 0 Å². The molecule has 0 saturated carbocycles. The van der Waals surface area contributed by atoms with Crippen LogP contribution in [0.5, 0.6) is 5.75 Å². The molecule has 6 nitrogen and oxygen atoms in total. The lowest BCUT2D eigenvalue weighted by molar-refractivity contribution is 0.165. The van der Waals surface area contributed by atoms with E-state index < -0.39 is 10.0 Å². The van der Waals surface area contributed by atoms with Crippen molar-refractivity contribution in [2.24, 2.45) is 5.92 Å². The second-order valence-corrected chi connectivity index (χ2v) is 6.90. The van der Waals surface area contributed by atoms with E-state index in [9.17, 15) is 13.5 Å². The van der Waals surface area contributed by atoms with E-state index in [1.165, 1.54) is 23.5 Å². The molecule has 0 spiro atoms. The Morgan fingerprint density at radius 1 is 1.50 bits per heavy atom. The van der Waals surface area contributed by atoms with E-state index in [2.05, 4.69) is 0 Å². The standard InChI is InChI=1S/C13H20N2O4S/c1-19-13-5-4-11(7-12(13)14)20(17,18)15-6-2-3-10(8-15)9-16/h4-5,7,10,16H,2-3,6,8-9,14H2,1H3. The number of ether oxygens (including phenoxy) is 1. The Kier molecular flexibility index (Phi) is 4.52. The molecule has 1 aromatic rings. The van der Waals surface area contributed by atoms with Gasteiger partial charge in [0.1, 0.15) is 5.75 Å². The highest BCUT2D eigenvalue weighted by molar-refractivity contribution is 7.89. The largest absolute Gasteiger partial charge is 0.495 e. The van der Waals surface area contributed by atoms with E-state index >= 15 is 0 Å². The summed E-state index contributed by atoms with van der Waals surface area (Å²) >= 11 is 0. The first-order chi connectivity index (χ1) is 9.48. The molecule has 1 heterocycles. The predicted molar refractivity (Wildman–Crippen MR) is 76.0 cm³/mol. The summed E-state index contributed by atoms with van der Waals surface area (Å²) in [6, 6.07) is 4.46. The van der Waals surface area contributed by atoms with Gasteiger partial charge in [0, 0.05) is 19.7 Å². The normalized spacial score (nSPS) is 20.8. The lowest BCUT2D eigenvalue weighted by Gasteiger charge is -2.31. The van der Waals surface area contributed by atoms with Gasteiger partial charge in [-0.05, 0) is 37.0 Å². The van der Waals surface area contributed by atoms with Crippen molar-refractivity contribution in [1.82, 2.24) is 4.31 Å². The number of nitrogen functional groups attached to an aromatic ring is 1. The fourth-order valence-corrected chi connectivity index (χ4v) is 4.01. The van der Waals surface area contributed by atoms with Gasteiger partial charge in [0.05, 0.1) is 17.7 Å². The molecule has 2 rings (SSSR count). The van der Waals surface area contributed by atoms with Crippen LogP contribution in [-0.4, -0.2) is 44.6 Å². The third kappa shape index (κ3) is 2.89. The molecule has 1 unspecified atom stereocenters. The molecule has 7 heteroatoms. The van der Waals surface area contributed by atoms with Gasteiger partial charge in [-0.25, -0.2) is 8.42 Å². The number of methoxy groups -OCH3 is 1. The van der Waals surface area contributed by atoms with Crippen molar-refractivity contribution in [2.45, 2.75) is 17.7 Å². The smallest absolute Gasteiger partial charge is 0.243 e. The van der Waals surface area contributed by atoms with Crippen LogP contribution in [0.3, 0.4) is 0 Å². The van der Waals surface area contributed by atoms with Crippen molar-refractivity contribution < 1.29 is 18.3 Å². The van der Waals surface area contributed by atoms with Crippen molar-refractivity contribution in [1.29, 1.82) is 0 Å². The first-order valence-electron chi connectivity index (χ1n) is 6.53. The van der Waals surface area contributed by atoms with E-state index in [1.807, 2.05) is 0 Å². The third-order valence-corrected chi connectivity index (χ3v) is 5.44. The maximum absolute atomic E-state index is 12.5. The molecule has 0 amide bonds. The Hall–Kier alpha value is -1.31. The van der Waals surface area contributed by atoms with Crippen molar-refractivity contribution in [3.8, 4) is 5.75 Å². The molecule has 0 aliphatic carbocycles. The minimum atomic E-state index is -3.57. The maximum Gasteiger partial charge on any atom is 0.243 e. The SMILES string of the molecule is COc1ccc(S(=O)(=O)N2CCCC(CO)C2)cc1N. The lowest BCUT2D eigenvalue weighted by atomic mass is 10.0. The Labute approximate surface area is 119 Å². The number of aliphatic hydroxyl groups is 1. The Morgan fingerprint density at radius 3 is 2.85 bits per heavy atom. The van der Waals surface area contributed by atoms with Gasteiger partial charge in [-0.1, -0.05) is 0 Å². The fraction of sp³-hybridized carbons (Fsp3) is 0.538. The van der Waals surface area contributed by atoms with Crippen molar-refractivity contribution in [3.05, 3.63) is 18.2 Å². The minimum Gasteiger partial charge on any atom is -0.495 e. The molecule has 1 atom stereocenters. The summed E-state index contributed by atoms with van der Waals surface area (Å²) in [6.07, 6.45) is 1.61. The van der Waals surface area contributed by atoms with Crippen molar-refractivity contribution in [3.63, 3.8) is 0 Å². The summed E-state index contributed by atoms with van der Waals surface area (Å²) < 4.78 is 31.5. The number of anilines is 1. The highest BCUT2D eigenvalue weighted by Crippen LogP contribution is 2.28. The number of aliphatic hydroxyl groups excluding tert-OH is 1. The maximum atomic E-state index is 12.5. The molecule has 0 aromatic heterocycles. The van der Waals surface area contributed by atoms with E-state index in [4.69, 9.17) is 10.5 Å². The summed E-state index contributed by atoms with van der Waals surface area (Å²) in [4.78, 5) is 0.161. The van der Waals surface area contributed by atoms with Gasteiger partial charge >= 0.3 is 0 Å². The van der Waals surface area contributed by atoms with Gasteiger partial charge in [-0.2, -0.15) is 4.31 Å². The lowest BCUT2D eigenvalue weighted by Crippen LogP contribution is -2.40. The number of rotatable bonds is 4. The molecule has 0 bridgehead atoms. The van der Waals surface area contributed by atoms with Crippen LogP contribution in [0, 0.1) is 5.92 Å². The molecule has 0 radical (unpaired) electrons. The van der Waals surface area contributed by atoms with Crippen LogP contribution in [0.1, 0.15) is 12.8 Å². The number of sulfonamides is 1. The first kappa shape index (κ1) is 15.1. The molecule has 3 N–H and O–H groups in total. The summed E-state index contributed by atoms with van der Waals surface area (Å²) in [6.45, 7) is 0.840. The molecule has 1 aliphatic heterocycles. The molecule has 1 fully saturated rings. The minimum absolute atomic E-state index is 0.00844. The van der Waals surface area contributed by atoms with E-state index in [-0.39, 0.29) is 17.4 Å². The van der Waals surface area contributed by atoms with Gasteiger partial charge < -0.3 is 15.6 Å². The highest BCUT2D eigenvalue weighted by Gasteiger charge is 2.30. The van der Waals surface area contributed by atoms with Crippen LogP contribution in [0.2, 0.25) is 0 Å². The van der Waals surface area contributed by atoms with Crippen LogP contribution in [0.4, 0.5) is 5.69 Å². The van der Waals surface area contributed by atoms with Gasteiger partial charge in [-0.15, -0.1) is 0 Å². The molecule has 112 valence electrons. The Morgan fingerprint density at radius 2 is 2.25 bits per heavy atom. The number of hydrogen-bond acceptors (Lipinski definition) is 5. The molecule has 1 saturated heterocycles. The molecular formula is C13H20N2O4S. The zero-order valence-electron chi connectivity index (χ0n) is 11.4. The van der Waals surface area contributed by atoms with Crippen molar-refractivity contribution >= 4 is 15.7 Å². The number of hydrogen-bond donors (Lipinski definition) is 2. The van der Waals surface area contributed by atoms with Crippen LogP contribution >= 0.6 is 0 Å². The molecule has 1 aliphatic rings. The number of nitrogens with zero attached hydrogens (tertiary/aromatic N) is 1. The molecular weight excluding hydrogens is 280 g/mol. The fourth-order valence-electron chi connectivity index (χ4n) is 2.42. The monoisotopic (exact) mass is 300 g/mol. The van der Waals surface area contributed by atoms with Gasteiger partial charge in [0.25, 0.3) is 0 Å². The molecule has 1 aromatic carbocycles. The summed E-state index contributed by atoms with van der Waals surface area (Å²) in [5, 5.41) is 9.20. The van der Waals surface area contributed by atoms with E-state index in [0.717, 1.165) is 12.8 Å². The average molecular weight is 300 g/mol. The summed E-state index contributed by atoms with van der Waals surface area (Å²) in [7, 11) is -2.08. The first-order valence-corrected chi connectivity index (χ1v) is 7.97. The van der Waals surface area contributed by atoms with Crippen LogP contribution < -0.4 is 10.5 Å². The van der Waals surface area contributed by atoms with Crippen LogP contribution in [0.15, 0.2) is 23.1 Å². The second-order valence-electron chi connectivity index (χ2n) is 4.96. The summed E-state index contributed by atoms with van der Waals surface area (Å²) in [5.74, 6) is 0.463. The van der Waals surface area contributed by atoms with Crippen LogP contribution in [-0.2, 0) is 10.0 Å². The Bertz CT molecular complexity index is 574. The van der Waals surface area contributed by atoms with Gasteiger partial charge in [0.15, 0.2) is 0 Å². The zero-order valence-corrected chi connectivity index (χ0v) is 12.3. The predicted octanol–water partition coefficient (Wildman–Crippen LogP) is 0.670. The number of benzene rings is 1. The second kappa shape index (κ2) is 5.99.